The lowest BCUT2D eigenvalue weighted by Gasteiger charge is -2.16. The first-order valence-electron chi connectivity index (χ1n) is 6.66. The van der Waals surface area contributed by atoms with E-state index in [2.05, 4.69) is 15.9 Å². The van der Waals surface area contributed by atoms with Crippen LogP contribution in [0, 0.1) is 5.92 Å². The summed E-state index contributed by atoms with van der Waals surface area (Å²) in [6.07, 6.45) is 0.451. The second kappa shape index (κ2) is 5.95. The van der Waals surface area contributed by atoms with Crippen molar-refractivity contribution >= 4 is 27.9 Å². The van der Waals surface area contributed by atoms with E-state index in [-0.39, 0.29) is 11.9 Å². The molecule has 108 valence electrons. The van der Waals surface area contributed by atoms with Crippen LogP contribution >= 0.6 is 15.9 Å². The lowest BCUT2D eigenvalue weighted by molar-refractivity contribution is -0.152. The number of hydrogen-bond donors (Lipinski definition) is 0. The molecule has 0 heterocycles. The number of rotatable bonds is 5. The summed E-state index contributed by atoms with van der Waals surface area (Å²) in [5.41, 5.74) is -0.0691. The molecule has 1 aliphatic carbocycles. The quantitative estimate of drug-likeness (QED) is 0.773. The third-order valence-electron chi connectivity index (χ3n) is 3.53. The van der Waals surface area contributed by atoms with Crippen LogP contribution in [0.3, 0.4) is 0 Å². The molecule has 4 nitrogen and oxygen atoms in total. The summed E-state index contributed by atoms with van der Waals surface area (Å²) in [6.45, 7) is 4.13. The zero-order chi connectivity index (χ0) is 14.8. The van der Waals surface area contributed by atoms with E-state index in [0.29, 0.717) is 19.6 Å². The molecule has 0 amide bonds. The van der Waals surface area contributed by atoms with E-state index in [0.717, 1.165) is 10.0 Å². The maximum atomic E-state index is 12.3. The summed E-state index contributed by atoms with van der Waals surface area (Å²) < 4.78 is 11.1. The number of carbonyl (C=O) groups is 2. The number of carbonyl (C=O) groups excluding carboxylic acids is 2. The molecule has 1 aromatic rings. The Bertz CT molecular complexity index is 511. The molecule has 1 saturated carbocycles. The minimum absolute atomic E-state index is 0.298. The van der Waals surface area contributed by atoms with Crippen LogP contribution in [0.15, 0.2) is 28.7 Å². The van der Waals surface area contributed by atoms with Crippen molar-refractivity contribution in [3.05, 3.63) is 34.3 Å². The van der Waals surface area contributed by atoms with Gasteiger partial charge in [0.05, 0.1) is 19.1 Å². The topological polar surface area (TPSA) is 52.6 Å². The van der Waals surface area contributed by atoms with Gasteiger partial charge in [-0.1, -0.05) is 28.1 Å². The van der Waals surface area contributed by atoms with Crippen molar-refractivity contribution in [1.29, 1.82) is 0 Å². The highest BCUT2D eigenvalue weighted by Gasteiger charge is 2.66. The largest absolute Gasteiger partial charge is 0.466 e. The van der Waals surface area contributed by atoms with E-state index in [9.17, 15) is 9.59 Å². The molecule has 5 heteroatoms. The number of hydrogen-bond acceptors (Lipinski definition) is 4. The first-order valence-corrected chi connectivity index (χ1v) is 7.45. The van der Waals surface area contributed by atoms with Crippen LogP contribution in [0.5, 0.6) is 0 Å². The first-order chi connectivity index (χ1) is 9.56. The maximum Gasteiger partial charge on any atom is 0.317 e. The van der Waals surface area contributed by atoms with Crippen LogP contribution in [-0.4, -0.2) is 25.2 Å². The molecule has 0 bridgehead atoms. The molecule has 1 aliphatic rings. The molecule has 0 aliphatic heterocycles. The molecule has 0 unspecified atom stereocenters. The maximum absolute atomic E-state index is 12.3. The van der Waals surface area contributed by atoms with Gasteiger partial charge in [0.2, 0.25) is 0 Å². The van der Waals surface area contributed by atoms with Crippen molar-refractivity contribution < 1.29 is 19.1 Å². The van der Waals surface area contributed by atoms with E-state index in [1.807, 2.05) is 24.3 Å². The molecule has 0 saturated heterocycles. The van der Waals surface area contributed by atoms with E-state index >= 15 is 0 Å². The molecule has 0 radical (unpaired) electrons. The van der Waals surface area contributed by atoms with E-state index in [1.165, 1.54) is 0 Å². The van der Waals surface area contributed by atoms with Gasteiger partial charge in [0.25, 0.3) is 0 Å². The fraction of sp³-hybridized carbons (Fsp3) is 0.467. The van der Waals surface area contributed by atoms with Crippen LogP contribution in [0.25, 0.3) is 0 Å². The fourth-order valence-electron chi connectivity index (χ4n) is 2.46. The molecule has 1 fully saturated rings. The van der Waals surface area contributed by atoms with Crippen molar-refractivity contribution in [1.82, 2.24) is 0 Å². The number of benzene rings is 1. The minimum atomic E-state index is -0.872. The zero-order valence-electron chi connectivity index (χ0n) is 11.5. The van der Waals surface area contributed by atoms with E-state index in [1.54, 1.807) is 13.8 Å². The average molecular weight is 341 g/mol. The normalized spacial score (nSPS) is 24.1. The monoisotopic (exact) mass is 340 g/mol. The predicted octanol–water partition coefficient (Wildman–Crippen LogP) is 2.83. The Morgan fingerprint density at radius 2 is 1.80 bits per heavy atom. The lowest BCUT2D eigenvalue weighted by atomic mass is 9.93. The van der Waals surface area contributed by atoms with Gasteiger partial charge in [0, 0.05) is 4.47 Å². The molecule has 2 atom stereocenters. The van der Waals surface area contributed by atoms with Gasteiger partial charge >= 0.3 is 11.9 Å². The standard InChI is InChI=1S/C15H17BrO4/c1-3-19-13(17)12-9-15(12,14(18)20-4-2)10-5-7-11(16)8-6-10/h5-8,12H,3-4,9H2,1-2H3/t12-,15+/m1/s1. The van der Waals surface area contributed by atoms with Crippen molar-refractivity contribution in [2.45, 2.75) is 25.7 Å². The fourth-order valence-corrected chi connectivity index (χ4v) is 2.72. The van der Waals surface area contributed by atoms with Gasteiger partial charge in [0.15, 0.2) is 0 Å². The number of esters is 2. The van der Waals surface area contributed by atoms with Crippen LogP contribution in [0.4, 0.5) is 0 Å². The van der Waals surface area contributed by atoms with Crippen molar-refractivity contribution in [2.24, 2.45) is 5.92 Å². The van der Waals surface area contributed by atoms with Crippen molar-refractivity contribution in [2.75, 3.05) is 13.2 Å². The van der Waals surface area contributed by atoms with E-state index in [4.69, 9.17) is 9.47 Å². The molecule has 1 aromatic carbocycles. The minimum Gasteiger partial charge on any atom is -0.466 e. The Morgan fingerprint density at radius 3 is 2.35 bits per heavy atom. The van der Waals surface area contributed by atoms with Crippen molar-refractivity contribution in [3.8, 4) is 0 Å². The highest BCUT2D eigenvalue weighted by atomic mass is 79.9. The summed E-state index contributed by atoms with van der Waals surface area (Å²) in [5.74, 6) is -1.12. The highest BCUT2D eigenvalue weighted by Crippen LogP contribution is 2.56. The van der Waals surface area contributed by atoms with Crippen LogP contribution in [0.1, 0.15) is 25.8 Å². The predicted molar refractivity (Wildman–Crippen MR) is 77.2 cm³/mol. The SMILES string of the molecule is CCOC(=O)[C@H]1C[C@]1(C(=O)OCC)c1ccc(Br)cc1. The van der Waals surface area contributed by atoms with Crippen LogP contribution in [-0.2, 0) is 24.5 Å². The number of halogens is 1. The Morgan fingerprint density at radius 1 is 1.20 bits per heavy atom. The molecule has 0 spiro atoms. The van der Waals surface area contributed by atoms with Crippen LogP contribution in [0.2, 0.25) is 0 Å². The summed E-state index contributed by atoms with van der Waals surface area (Å²) >= 11 is 3.36. The van der Waals surface area contributed by atoms with Gasteiger partial charge in [-0.3, -0.25) is 9.59 Å². The second-order valence-electron chi connectivity index (χ2n) is 4.71. The van der Waals surface area contributed by atoms with E-state index < -0.39 is 11.3 Å². The smallest absolute Gasteiger partial charge is 0.317 e. The molecule has 2 rings (SSSR count). The average Bonchev–Trinajstić information content (AvgIpc) is 3.17. The molecule has 0 aromatic heterocycles. The van der Waals surface area contributed by atoms with Gasteiger partial charge < -0.3 is 9.47 Å². The second-order valence-corrected chi connectivity index (χ2v) is 5.62. The highest BCUT2D eigenvalue weighted by molar-refractivity contribution is 9.10. The zero-order valence-corrected chi connectivity index (χ0v) is 13.1. The van der Waals surface area contributed by atoms with Crippen molar-refractivity contribution in [3.63, 3.8) is 0 Å². The van der Waals surface area contributed by atoms with Gasteiger partial charge in [-0.15, -0.1) is 0 Å². The number of ether oxygens (including phenoxy) is 2. The summed E-state index contributed by atoms with van der Waals surface area (Å²) in [7, 11) is 0. The first kappa shape index (κ1) is 15.0. The Balaban J connectivity index is 2.30. The Hall–Kier alpha value is -1.36. The molecular weight excluding hydrogens is 324 g/mol. The summed E-state index contributed by atoms with van der Waals surface area (Å²) in [6, 6.07) is 7.41. The van der Waals surface area contributed by atoms with Crippen LogP contribution < -0.4 is 0 Å². The Labute approximate surface area is 126 Å². The lowest BCUT2D eigenvalue weighted by Crippen LogP contribution is -2.28. The molecule has 20 heavy (non-hydrogen) atoms. The third kappa shape index (κ3) is 2.59. The molecule has 0 N–H and O–H groups in total. The van der Waals surface area contributed by atoms with Gasteiger partial charge in [-0.2, -0.15) is 0 Å². The third-order valence-corrected chi connectivity index (χ3v) is 4.06. The molecular formula is C15H17BrO4. The summed E-state index contributed by atoms with van der Waals surface area (Å²) in [4.78, 5) is 24.2. The Kier molecular flexibility index (Phi) is 4.48. The van der Waals surface area contributed by atoms with Gasteiger partial charge in [-0.25, -0.2) is 0 Å². The summed E-state index contributed by atoms with van der Waals surface area (Å²) in [5, 5.41) is 0. The van der Waals surface area contributed by atoms with Gasteiger partial charge in [0.1, 0.15) is 5.41 Å². The van der Waals surface area contributed by atoms with Gasteiger partial charge in [-0.05, 0) is 38.0 Å².